The maximum Gasteiger partial charge on any atom is 0.251 e. The van der Waals surface area contributed by atoms with E-state index in [9.17, 15) is 17.4 Å². The minimum atomic E-state index is -4.00. The Morgan fingerprint density at radius 1 is 1.48 bits per heavy atom. The highest BCUT2D eigenvalue weighted by Crippen LogP contribution is 2.23. The van der Waals surface area contributed by atoms with Crippen LogP contribution in [0.25, 0.3) is 0 Å². The lowest BCUT2D eigenvalue weighted by molar-refractivity contribution is 0.0954. The zero-order chi connectivity index (χ0) is 16.2. The van der Waals surface area contributed by atoms with E-state index in [1.54, 1.807) is 13.2 Å². The van der Waals surface area contributed by atoms with Gasteiger partial charge in [-0.05, 0) is 25.1 Å². The number of hydrogen-bond acceptors (Lipinski definition) is 5. The third-order valence-corrected chi connectivity index (χ3v) is 5.08. The molecule has 1 rings (SSSR count). The third kappa shape index (κ3) is 4.80. The van der Waals surface area contributed by atoms with Gasteiger partial charge in [0, 0.05) is 34.4 Å². The number of carbonyl (C=O) groups excluding carboxylic acids is 1. The number of amides is 1. The molecule has 7 nitrogen and oxygen atoms in total. The van der Waals surface area contributed by atoms with Crippen LogP contribution in [0.15, 0.2) is 23.1 Å². The summed E-state index contributed by atoms with van der Waals surface area (Å²) in [5.74, 6) is -0.406. The van der Waals surface area contributed by atoms with Crippen molar-refractivity contribution in [3.05, 3.63) is 23.8 Å². The molecule has 21 heavy (non-hydrogen) atoms. The van der Waals surface area contributed by atoms with Crippen molar-refractivity contribution in [2.45, 2.75) is 17.1 Å². The molecule has 118 valence electrons. The molecule has 0 aliphatic rings. The van der Waals surface area contributed by atoms with Gasteiger partial charge >= 0.3 is 0 Å². The molecule has 0 heterocycles. The third-order valence-electron chi connectivity index (χ3n) is 2.85. The number of rotatable bonds is 6. The first-order valence-electron chi connectivity index (χ1n) is 5.98. The predicted octanol–water partition coefficient (Wildman–Crippen LogP) is -0.161. The van der Waals surface area contributed by atoms with Crippen LogP contribution < -0.4 is 15.2 Å². The summed E-state index contributed by atoms with van der Waals surface area (Å²) < 4.78 is 39.1. The van der Waals surface area contributed by atoms with Crippen molar-refractivity contribution in [3.63, 3.8) is 0 Å². The van der Waals surface area contributed by atoms with E-state index < -0.39 is 26.7 Å². The predicted molar refractivity (Wildman–Crippen MR) is 80.2 cm³/mol. The number of methoxy groups -OCH3 is 1. The normalized spacial score (nSPS) is 14.3. The molecular weight excluding hydrogens is 316 g/mol. The van der Waals surface area contributed by atoms with Crippen LogP contribution in [0.3, 0.4) is 0 Å². The molecular formula is C12H18N2O5S2. The quantitative estimate of drug-likeness (QED) is 0.750. The highest BCUT2D eigenvalue weighted by atomic mass is 32.2. The minimum absolute atomic E-state index is 0.0667. The van der Waals surface area contributed by atoms with E-state index in [1.165, 1.54) is 19.2 Å². The summed E-state index contributed by atoms with van der Waals surface area (Å²) in [6.45, 7) is 1.96. The van der Waals surface area contributed by atoms with Crippen LogP contribution in [0.4, 0.5) is 0 Å². The molecule has 0 aliphatic carbocycles. The number of nitrogens with one attached hydrogen (secondary N) is 1. The number of nitrogens with two attached hydrogens (primary N) is 1. The summed E-state index contributed by atoms with van der Waals surface area (Å²) in [5, 5.41) is 7.47. The van der Waals surface area contributed by atoms with Crippen molar-refractivity contribution < 1.29 is 22.2 Å². The summed E-state index contributed by atoms with van der Waals surface area (Å²) in [5.41, 5.74) is 0.133. The fourth-order valence-electron chi connectivity index (χ4n) is 1.50. The summed E-state index contributed by atoms with van der Waals surface area (Å²) in [4.78, 5) is 11.7. The van der Waals surface area contributed by atoms with Crippen LogP contribution in [0.2, 0.25) is 0 Å². The van der Waals surface area contributed by atoms with Gasteiger partial charge < -0.3 is 10.1 Å². The van der Waals surface area contributed by atoms with E-state index in [0.29, 0.717) is 0 Å². The summed E-state index contributed by atoms with van der Waals surface area (Å²) >= 11 is 0. The van der Waals surface area contributed by atoms with Crippen LogP contribution in [-0.4, -0.2) is 43.7 Å². The molecule has 0 radical (unpaired) electrons. The van der Waals surface area contributed by atoms with Crippen molar-refractivity contribution in [2.75, 3.05) is 19.9 Å². The topological polar surface area (TPSA) is 116 Å². The first-order chi connectivity index (χ1) is 9.66. The lowest BCUT2D eigenvalue weighted by Crippen LogP contribution is -2.32. The maximum atomic E-state index is 12.0. The average Bonchev–Trinajstić information content (AvgIpc) is 2.42. The van der Waals surface area contributed by atoms with Gasteiger partial charge in [-0.3, -0.25) is 9.00 Å². The standard InChI is InChI=1S/C12H18N2O5S2/c1-8(20(3)16)7-14-12(15)9-4-5-10(19-2)11(6-9)21(13,17)18/h4-6,8H,7H2,1-3H3,(H,14,15)(H2,13,17,18). The smallest absolute Gasteiger partial charge is 0.251 e. The highest BCUT2D eigenvalue weighted by Gasteiger charge is 2.18. The average molecular weight is 334 g/mol. The van der Waals surface area contributed by atoms with Crippen LogP contribution >= 0.6 is 0 Å². The molecule has 0 fully saturated rings. The van der Waals surface area contributed by atoms with E-state index in [1.807, 2.05) is 0 Å². The van der Waals surface area contributed by atoms with Crippen molar-refractivity contribution in [1.82, 2.24) is 5.32 Å². The lowest BCUT2D eigenvalue weighted by atomic mass is 10.2. The Balaban J connectivity index is 2.99. The molecule has 1 aromatic rings. The second-order valence-corrected chi connectivity index (χ2v) is 7.76. The zero-order valence-electron chi connectivity index (χ0n) is 12.0. The largest absolute Gasteiger partial charge is 0.495 e. The van der Waals surface area contributed by atoms with Gasteiger partial charge in [-0.2, -0.15) is 0 Å². The van der Waals surface area contributed by atoms with Gasteiger partial charge in [-0.1, -0.05) is 0 Å². The summed E-state index contributed by atoms with van der Waals surface area (Å²) in [6, 6.07) is 3.93. The molecule has 2 unspecified atom stereocenters. The zero-order valence-corrected chi connectivity index (χ0v) is 13.6. The van der Waals surface area contributed by atoms with Gasteiger partial charge in [-0.25, -0.2) is 13.6 Å². The Morgan fingerprint density at radius 3 is 2.57 bits per heavy atom. The van der Waals surface area contributed by atoms with Crippen molar-refractivity contribution in [2.24, 2.45) is 5.14 Å². The van der Waals surface area contributed by atoms with Crippen molar-refractivity contribution in [1.29, 1.82) is 0 Å². The summed E-state index contributed by atoms with van der Waals surface area (Å²) in [6.07, 6.45) is 1.54. The van der Waals surface area contributed by atoms with Crippen LogP contribution in [0, 0.1) is 0 Å². The molecule has 2 atom stereocenters. The second kappa shape index (κ2) is 7.01. The van der Waals surface area contributed by atoms with Crippen LogP contribution in [0.1, 0.15) is 17.3 Å². The molecule has 0 bridgehead atoms. The molecule has 1 aromatic carbocycles. The number of primary sulfonamides is 1. The SMILES string of the molecule is COc1ccc(C(=O)NCC(C)S(C)=O)cc1S(N)(=O)=O. The Bertz CT molecular complexity index is 658. The Kier molecular flexibility index (Phi) is 5.87. The second-order valence-electron chi connectivity index (χ2n) is 4.43. The Hall–Kier alpha value is -1.45. The van der Waals surface area contributed by atoms with Crippen molar-refractivity contribution >= 4 is 26.7 Å². The number of sulfonamides is 1. The molecule has 0 saturated heterocycles. The van der Waals surface area contributed by atoms with Crippen LogP contribution in [0.5, 0.6) is 5.75 Å². The van der Waals surface area contributed by atoms with E-state index in [4.69, 9.17) is 9.88 Å². The van der Waals surface area contributed by atoms with Gasteiger partial charge in [0.15, 0.2) is 0 Å². The fraction of sp³-hybridized carbons (Fsp3) is 0.417. The molecule has 9 heteroatoms. The molecule has 0 aromatic heterocycles. The number of hydrogen-bond donors (Lipinski definition) is 2. The Labute approximate surface area is 126 Å². The van der Waals surface area contributed by atoms with Gasteiger partial charge in [0.05, 0.1) is 7.11 Å². The van der Waals surface area contributed by atoms with E-state index in [2.05, 4.69) is 5.32 Å². The number of carbonyl (C=O) groups is 1. The lowest BCUT2D eigenvalue weighted by Gasteiger charge is -2.12. The first-order valence-corrected chi connectivity index (χ1v) is 9.15. The number of benzene rings is 1. The summed E-state index contributed by atoms with van der Waals surface area (Å²) in [7, 11) is -3.75. The van der Waals surface area contributed by atoms with E-state index in [0.717, 1.165) is 6.07 Å². The highest BCUT2D eigenvalue weighted by molar-refractivity contribution is 7.89. The molecule has 1 amide bonds. The molecule has 0 saturated carbocycles. The van der Waals surface area contributed by atoms with Gasteiger partial charge in [0.25, 0.3) is 5.91 Å². The van der Waals surface area contributed by atoms with Gasteiger partial charge in [-0.15, -0.1) is 0 Å². The van der Waals surface area contributed by atoms with Gasteiger partial charge in [0.1, 0.15) is 10.6 Å². The number of ether oxygens (including phenoxy) is 1. The fourth-order valence-corrected chi connectivity index (χ4v) is 2.54. The monoisotopic (exact) mass is 334 g/mol. The first kappa shape index (κ1) is 17.6. The molecule has 3 N–H and O–H groups in total. The minimum Gasteiger partial charge on any atom is -0.495 e. The maximum absolute atomic E-state index is 12.0. The molecule has 0 aliphatic heterocycles. The van der Waals surface area contributed by atoms with Crippen LogP contribution in [-0.2, 0) is 20.8 Å². The van der Waals surface area contributed by atoms with Crippen molar-refractivity contribution in [3.8, 4) is 5.75 Å². The van der Waals surface area contributed by atoms with E-state index >= 15 is 0 Å². The van der Waals surface area contributed by atoms with E-state index in [-0.39, 0.29) is 28.0 Å². The Morgan fingerprint density at radius 2 is 2.10 bits per heavy atom. The molecule has 0 spiro atoms. The van der Waals surface area contributed by atoms with Gasteiger partial charge in [0.2, 0.25) is 10.0 Å².